The molecule has 1 aromatic rings. The van der Waals surface area contributed by atoms with Crippen molar-refractivity contribution in [2.45, 2.75) is 45.8 Å². The van der Waals surface area contributed by atoms with Gasteiger partial charge in [-0.1, -0.05) is 0 Å². The molecule has 1 unspecified atom stereocenters. The molecule has 0 bridgehead atoms. The van der Waals surface area contributed by atoms with Crippen molar-refractivity contribution in [2.24, 2.45) is 5.92 Å². The van der Waals surface area contributed by atoms with E-state index in [0.29, 0.717) is 12.5 Å². The van der Waals surface area contributed by atoms with Crippen LogP contribution in [0, 0.1) is 5.92 Å². The highest BCUT2D eigenvalue weighted by Gasteiger charge is 2.22. The molecule has 1 saturated heterocycles. The molecule has 2 rings (SSSR count). The molecule has 1 N–H and O–H groups in total. The van der Waals surface area contributed by atoms with Crippen molar-refractivity contribution in [3.8, 4) is 0 Å². The molecule has 0 radical (unpaired) electrons. The molecule has 1 amide bonds. The minimum Gasteiger partial charge on any atom is -0.444 e. The zero-order valence-corrected chi connectivity index (χ0v) is 15.7. The maximum absolute atomic E-state index is 11.8. The van der Waals surface area contributed by atoms with Crippen LogP contribution in [0.3, 0.4) is 0 Å². The molecule has 1 aliphatic rings. The van der Waals surface area contributed by atoms with Crippen LogP contribution in [0.15, 0.2) is 22.9 Å². The summed E-state index contributed by atoms with van der Waals surface area (Å²) >= 11 is 3.41. The molecule has 1 atom stereocenters. The molecular weight excluding hydrogens is 358 g/mol. The Hall–Kier alpha value is -1.14. The van der Waals surface area contributed by atoms with E-state index in [1.807, 2.05) is 33.0 Å². The first-order valence-electron chi connectivity index (χ1n) is 8.11. The van der Waals surface area contributed by atoms with Crippen LogP contribution in [-0.4, -0.2) is 41.2 Å². The van der Waals surface area contributed by atoms with Gasteiger partial charge in [-0.15, -0.1) is 0 Å². The van der Waals surface area contributed by atoms with Gasteiger partial charge < -0.3 is 10.1 Å². The highest BCUT2D eigenvalue weighted by Crippen LogP contribution is 2.19. The topological polar surface area (TPSA) is 54.5 Å². The van der Waals surface area contributed by atoms with Crippen LogP contribution in [0.4, 0.5) is 4.79 Å². The van der Waals surface area contributed by atoms with Crippen molar-refractivity contribution in [1.29, 1.82) is 0 Å². The fourth-order valence-electron chi connectivity index (χ4n) is 2.80. The lowest BCUT2D eigenvalue weighted by Gasteiger charge is -2.33. The number of nitrogens with one attached hydrogen (secondary N) is 1. The van der Waals surface area contributed by atoms with Crippen molar-refractivity contribution in [3.05, 3.63) is 28.5 Å². The summed E-state index contributed by atoms with van der Waals surface area (Å²) < 4.78 is 6.16. The summed E-state index contributed by atoms with van der Waals surface area (Å²) in [5, 5.41) is 2.90. The SMILES string of the molecule is CC(C)(C)OC(=O)NCC1CCCN(Cc2ccnc(Br)c2)C1. The number of hydrogen-bond acceptors (Lipinski definition) is 4. The molecule has 128 valence electrons. The van der Waals surface area contributed by atoms with Gasteiger partial charge in [0.25, 0.3) is 0 Å². The van der Waals surface area contributed by atoms with Crippen molar-refractivity contribution in [3.63, 3.8) is 0 Å². The Labute approximate surface area is 146 Å². The zero-order valence-electron chi connectivity index (χ0n) is 14.1. The molecule has 0 aromatic carbocycles. The number of hydrogen-bond donors (Lipinski definition) is 1. The molecule has 0 aliphatic carbocycles. The Morgan fingerprint density at radius 1 is 1.52 bits per heavy atom. The van der Waals surface area contributed by atoms with E-state index in [0.717, 1.165) is 37.1 Å². The predicted molar refractivity (Wildman–Crippen MR) is 94.2 cm³/mol. The molecule has 0 spiro atoms. The Balaban J connectivity index is 1.78. The first-order chi connectivity index (χ1) is 10.8. The second-order valence-corrected chi connectivity index (χ2v) is 7.93. The lowest BCUT2D eigenvalue weighted by molar-refractivity contribution is 0.0506. The van der Waals surface area contributed by atoms with E-state index < -0.39 is 5.60 Å². The van der Waals surface area contributed by atoms with Gasteiger partial charge in [0.2, 0.25) is 0 Å². The van der Waals surface area contributed by atoms with Gasteiger partial charge >= 0.3 is 6.09 Å². The molecule has 6 heteroatoms. The third-order valence-electron chi connectivity index (χ3n) is 3.73. The van der Waals surface area contributed by atoms with E-state index in [1.54, 1.807) is 0 Å². The van der Waals surface area contributed by atoms with Crippen LogP contribution in [0.2, 0.25) is 0 Å². The number of aromatic nitrogens is 1. The highest BCUT2D eigenvalue weighted by atomic mass is 79.9. The minimum atomic E-state index is -0.447. The molecule has 2 heterocycles. The number of halogens is 1. The van der Waals surface area contributed by atoms with Crippen molar-refractivity contribution < 1.29 is 9.53 Å². The number of piperidine rings is 1. The second kappa shape index (κ2) is 8.11. The summed E-state index contributed by atoms with van der Waals surface area (Å²) in [6, 6.07) is 4.11. The van der Waals surface area contributed by atoms with Crippen LogP contribution in [-0.2, 0) is 11.3 Å². The van der Waals surface area contributed by atoms with Crippen molar-refractivity contribution in [1.82, 2.24) is 15.2 Å². The number of pyridine rings is 1. The van der Waals surface area contributed by atoms with Gasteiger partial charge in [0, 0.05) is 25.8 Å². The zero-order chi connectivity index (χ0) is 16.9. The number of carbonyl (C=O) groups is 1. The standard InChI is InChI=1S/C17H26BrN3O2/c1-17(2,3)23-16(22)20-10-14-5-4-8-21(12-14)11-13-6-7-19-15(18)9-13/h6-7,9,14H,4-5,8,10-12H2,1-3H3,(H,20,22). The largest absolute Gasteiger partial charge is 0.444 e. The van der Waals surface area contributed by atoms with Crippen LogP contribution < -0.4 is 5.32 Å². The summed E-state index contributed by atoms with van der Waals surface area (Å²) in [5.41, 5.74) is 0.810. The van der Waals surface area contributed by atoms with Gasteiger partial charge in [0.1, 0.15) is 10.2 Å². The highest BCUT2D eigenvalue weighted by molar-refractivity contribution is 9.10. The maximum atomic E-state index is 11.8. The van der Waals surface area contributed by atoms with E-state index in [1.165, 1.54) is 5.56 Å². The maximum Gasteiger partial charge on any atom is 0.407 e. The number of nitrogens with zero attached hydrogens (tertiary/aromatic N) is 2. The number of rotatable bonds is 4. The van der Waals surface area contributed by atoms with E-state index >= 15 is 0 Å². The molecule has 23 heavy (non-hydrogen) atoms. The molecule has 0 saturated carbocycles. The summed E-state index contributed by atoms with van der Waals surface area (Å²) in [6.45, 7) is 9.32. The molecule has 1 aromatic heterocycles. The first kappa shape index (κ1) is 18.2. The fraction of sp³-hybridized carbons (Fsp3) is 0.647. The minimum absolute atomic E-state index is 0.326. The number of alkyl carbamates (subject to hydrolysis) is 1. The Morgan fingerprint density at radius 3 is 3.00 bits per heavy atom. The van der Waals surface area contributed by atoms with E-state index in [4.69, 9.17) is 4.74 Å². The number of likely N-dealkylation sites (tertiary alicyclic amines) is 1. The van der Waals surface area contributed by atoms with Crippen LogP contribution in [0.25, 0.3) is 0 Å². The Morgan fingerprint density at radius 2 is 2.30 bits per heavy atom. The van der Waals surface area contributed by atoms with E-state index in [2.05, 4.69) is 37.2 Å². The van der Waals surface area contributed by atoms with Crippen LogP contribution in [0.1, 0.15) is 39.2 Å². The lowest BCUT2D eigenvalue weighted by atomic mass is 9.97. The van der Waals surface area contributed by atoms with Gasteiger partial charge in [-0.3, -0.25) is 4.90 Å². The number of ether oxygens (including phenoxy) is 1. The van der Waals surface area contributed by atoms with E-state index in [-0.39, 0.29) is 6.09 Å². The molecule has 1 aliphatic heterocycles. The second-order valence-electron chi connectivity index (χ2n) is 7.11. The molecular formula is C17H26BrN3O2. The quantitative estimate of drug-likeness (QED) is 0.807. The van der Waals surface area contributed by atoms with Crippen LogP contribution in [0.5, 0.6) is 0 Å². The average molecular weight is 384 g/mol. The van der Waals surface area contributed by atoms with Gasteiger partial charge in [0.05, 0.1) is 0 Å². The summed E-state index contributed by atoms with van der Waals surface area (Å²) in [6.07, 6.45) is 3.80. The first-order valence-corrected chi connectivity index (χ1v) is 8.91. The summed E-state index contributed by atoms with van der Waals surface area (Å²) in [5.74, 6) is 0.474. The molecule has 5 nitrogen and oxygen atoms in total. The van der Waals surface area contributed by atoms with Gasteiger partial charge in [-0.2, -0.15) is 0 Å². The van der Waals surface area contributed by atoms with Crippen molar-refractivity contribution >= 4 is 22.0 Å². The smallest absolute Gasteiger partial charge is 0.407 e. The number of carbonyl (C=O) groups excluding carboxylic acids is 1. The normalized spacial score (nSPS) is 19.4. The third kappa shape index (κ3) is 6.87. The van der Waals surface area contributed by atoms with Crippen molar-refractivity contribution in [2.75, 3.05) is 19.6 Å². The van der Waals surface area contributed by atoms with Gasteiger partial charge in [0.15, 0.2) is 0 Å². The fourth-order valence-corrected chi connectivity index (χ4v) is 3.21. The Kier molecular flexibility index (Phi) is 6.41. The van der Waals surface area contributed by atoms with Crippen LogP contribution >= 0.6 is 15.9 Å². The Bertz CT molecular complexity index is 531. The van der Waals surface area contributed by atoms with Gasteiger partial charge in [-0.05, 0) is 79.7 Å². The average Bonchev–Trinajstić information content (AvgIpc) is 2.44. The summed E-state index contributed by atoms with van der Waals surface area (Å²) in [4.78, 5) is 18.4. The lowest BCUT2D eigenvalue weighted by Crippen LogP contribution is -2.41. The number of amides is 1. The van der Waals surface area contributed by atoms with Gasteiger partial charge in [-0.25, -0.2) is 9.78 Å². The molecule has 1 fully saturated rings. The predicted octanol–water partition coefficient (Wildman–Crippen LogP) is 3.58. The summed E-state index contributed by atoms with van der Waals surface area (Å²) in [7, 11) is 0. The van der Waals surface area contributed by atoms with E-state index in [9.17, 15) is 4.79 Å². The third-order valence-corrected chi connectivity index (χ3v) is 4.17. The monoisotopic (exact) mass is 383 g/mol.